The molecule has 0 bridgehead atoms. The van der Waals surface area contributed by atoms with Gasteiger partial charge in [0.15, 0.2) is 0 Å². The van der Waals surface area contributed by atoms with Gasteiger partial charge in [-0.15, -0.1) is 11.3 Å². The fourth-order valence-corrected chi connectivity index (χ4v) is 2.86. The molecule has 2 rings (SSSR count). The first-order valence-electron chi connectivity index (χ1n) is 6.05. The molecule has 2 heterocycles. The maximum atomic E-state index is 11.1. The summed E-state index contributed by atoms with van der Waals surface area (Å²) in [5.74, 6) is 0.298. The van der Waals surface area contributed by atoms with Crippen LogP contribution in [0, 0.1) is 10.1 Å². The van der Waals surface area contributed by atoms with Crippen molar-refractivity contribution >= 4 is 34.4 Å². The Labute approximate surface area is 126 Å². The number of likely N-dealkylation sites (N-methyl/N-ethyl adjacent to an activating group) is 1. The number of nitro groups is 1. The molecule has 20 heavy (non-hydrogen) atoms. The summed E-state index contributed by atoms with van der Waals surface area (Å²) in [7, 11) is 1.80. The monoisotopic (exact) mass is 311 g/mol. The molecular weight excluding hydrogens is 298 g/mol. The Morgan fingerprint density at radius 1 is 1.50 bits per heavy atom. The summed E-state index contributed by atoms with van der Waals surface area (Å²) in [6.45, 7) is 2.01. The van der Waals surface area contributed by atoms with Gasteiger partial charge >= 0.3 is 5.69 Å². The maximum Gasteiger partial charge on any atom is 0.311 e. The zero-order chi connectivity index (χ0) is 14.7. The lowest BCUT2D eigenvalue weighted by Gasteiger charge is -2.25. The fraction of sp³-hybridized carbons (Fsp3) is 0.308. The molecule has 2 aromatic heterocycles. The molecule has 1 atom stereocenters. The molecule has 0 fully saturated rings. The first-order valence-corrected chi connectivity index (χ1v) is 7.31. The predicted octanol–water partition coefficient (Wildman–Crippen LogP) is 3.77. The largest absolute Gasteiger partial charge is 0.351 e. The van der Waals surface area contributed by atoms with Crippen LogP contribution in [0.5, 0.6) is 0 Å². The van der Waals surface area contributed by atoms with Gasteiger partial charge in [-0.05, 0) is 24.4 Å². The quantitative estimate of drug-likeness (QED) is 0.479. The minimum Gasteiger partial charge on any atom is -0.351 e. The van der Waals surface area contributed by atoms with Crippen LogP contribution in [0.2, 0.25) is 5.15 Å². The van der Waals surface area contributed by atoms with Gasteiger partial charge in [-0.1, -0.05) is 17.7 Å². The summed E-state index contributed by atoms with van der Waals surface area (Å²) in [6, 6.07) is 6.94. The third-order valence-electron chi connectivity index (χ3n) is 3.09. The number of halogens is 1. The lowest BCUT2D eigenvalue weighted by Crippen LogP contribution is -2.31. The van der Waals surface area contributed by atoms with Gasteiger partial charge in [0.25, 0.3) is 0 Å². The number of hydrogen-bond donors (Lipinski definition) is 0. The summed E-state index contributed by atoms with van der Waals surface area (Å²) in [5, 5.41) is 13.3. The van der Waals surface area contributed by atoms with Crippen molar-refractivity contribution in [1.29, 1.82) is 0 Å². The molecule has 106 valence electrons. The highest BCUT2D eigenvalue weighted by Crippen LogP contribution is 2.29. The topological polar surface area (TPSA) is 59.3 Å². The first-order chi connectivity index (χ1) is 9.49. The number of aromatic nitrogens is 1. The van der Waals surface area contributed by atoms with Crippen LogP contribution in [0.3, 0.4) is 0 Å². The maximum absolute atomic E-state index is 11.1. The van der Waals surface area contributed by atoms with Crippen molar-refractivity contribution in [2.24, 2.45) is 0 Å². The number of hydrogen-bond acceptors (Lipinski definition) is 5. The normalized spacial score (nSPS) is 12.2. The minimum atomic E-state index is -0.437. The second-order valence-electron chi connectivity index (χ2n) is 4.48. The third-order valence-corrected chi connectivity index (χ3v) is 4.20. The summed E-state index contributed by atoms with van der Waals surface area (Å²) in [6.07, 6.45) is 0.805. The van der Waals surface area contributed by atoms with E-state index in [1.807, 2.05) is 18.4 Å². The molecule has 0 aliphatic carbocycles. The number of nitrogens with zero attached hydrogens (tertiary/aromatic N) is 3. The van der Waals surface area contributed by atoms with E-state index in [0.29, 0.717) is 5.82 Å². The smallest absolute Gasteiger partial charge is 0.311 e. The first kappa shape index (κ1) is 14.7. The van der Waals surface area contributed by atoms with Crippen LogP contribution >= 0.6 is 22.9 Å². The van der Waals surface area contributed by atoms with E-state index in [-0.39, 0.29) is 16.9 Å². The molecule has 0 spiro atoms. The Hall–Kier alpha value is -1.66. The average molecular weight is 312 g/mol. The predicted molar refractivity (Wildman–Crippen MR) is 81.8 cm³/mol. The van der Waals surface area contributed by atoms with Crippen LogP contribution < -0.4 is 4.90 Å². The molecule has 0 radical (unpaired) electrons. The number of pyridine rings is 1. The third kappa shape index (κ3) is 3.26. The number of anilines is 1. The van der Waals surface area contributed by atoms with Crippen LogP contribution in [0.15, 0.2) is 29.6 Å². The van der Waals surface area contributed by atoms with Gasteiger partial charge in [0.1, 0.15) is 5.15 Å². The van der Waals surface area contributed by atoms with Gasteiger partial charge in [-0.3, -0.25) is 10.1 Å². The van der Waals surface area contributed by atoms with Gasteiger partial charge in [-0.25, -0.2) is 4.98 Å². The van der Waals surface area contributed by atoms with E-state index in [4.69, 9.17) is 11.6 Å². The molecule has 0 aliphatic heterocycles. The minimum absolute atomic E-state index is 0.0325. The van der Waals surface area contributed by atoms with E-state index in [9.17, 15) is 10.1 Å². The van der Waals surface area contributed by atoms with E-state index in [1.165, 1.54) is 17.0 Å². The molecule has 2 aromatic rings. The van der Waals surface area contributed by atoms with Crippen molar-refractivity contribution in [3.8, 4) is 0 Å². The highest BCUT2D eigenvalue weighted by atomic mass is 35.5. The molecule has 0 N–H and O–H groups in total. The average Bonchev–Trinajstić information content (AvgIpc) is 2.90. The Bertz CT molecular complexity index is 604. The Morgan fingerprint density at radius 3 is 2.85 bits per heavy atom. The van der Waals surface area contributed by atoms with E-state index < -0.39 is 4.92 Å². The van der Waals surface area contributed by atoms with Crippen molar-refractivity contribution in [3.63, 3.8) is 0 Å². The van der Waals surface area contributed by atoms with E-state index >= 15 is 0 Å². The van der Waals surface area contributed by atoms with E-state index in [1.54, 1.807) is 23.3 Å². The van der Waals surface area contributed by atoms with Gasteiger partial charge < -0.3 is 4.90 Å². The van der Waals surface area contributed by atoms with Gasteiger partial charge in [0.05, 0.1) is 4.92 Å². The molecule has 0 saturated heterocycles. The molecule has 5 nitrogen and oxygen atoms in total. The highest BCUT2D eigenvalue weighted by molar-refractivity contribution is 7.09. The molecular formula is C13H14ClN3O2S. The van der Waals surface area contributed by atoms with E-state index in [2.05, 4.69) is 11.1 Å². The second-order valence-corrected chi connectivity index (χ2v) is 5.90. The lowest BCUT2D eigenvalue weighted by molar-refractivity contribution is -0.384. The van der Waals surface area contributed by atoms with Gasteiger partial charge in [0, 0.05) is 30.5 Å². The fourth-order valence-electron chi connectivity index (χ4n) is 1.89. The summed E-state index contributed by atoms with van der Waals surface area (Å²) < 4.78 is 0. The van der Waals surface area contributed by atoms with Crippen molar-refractivity contribution < 1.29 is 4.92 Å². The summed E-state index contributed by atoms with van der Waals surface area (Å²) >= 11 is 7.53. The highest BCUT2D eigenvalue weighted by Gasteiger charge is 2.22. The molecule has 1 unspecified atom stereocenters. The summed E-state index contributed by atoms with van der Waals surface area (Å²) in [5.41, 5.74) is -0.0325. The van der Waals surface area contributed by atoms with Crippen molar-refractivity contribution in [2.45, 2.75) is 19.4 Å². The van der Waals surface area contributed by atoms with Crippen molar-refractivity contribution in [1.82, 2.24) is 4.98 Å². The zero-order valence-corrected chi connectivity index (χ0v) is 12.7. The molecule has 0 amide bonds. The zero-order valence-electron chi connectivity index (χ0n) is 11.1. The van der Waals surface area contributed by atoms with Crippen LogP contribution in [-0.2, 0) is 6.42 Å². The van der Waals surface area contributed by atoms with Crippen LogP contribution in [0.4, 0.5) is 11.5 Å². The van der Waals surface area contributed by atoms with Crippen molar-refractivity contribution in [3.05, 3.63) is 49.8 Å². The van der Waals surface area contributed by atoms with Crippen LogP contribution in [0.25, 0.3) is 0 Å². The molecule has 0 aliphatic rings. The molecule has 0 saturated carbocycles. The summed E-state index contributed by atoms with van der Waals surface area (Å²) in [4.78, 5) is 17.8. The second kappa shape index (κ2) is 6.19. The lowest BCUT2D eigenvalue weighted by atomic mass is 10.2. The number of rotatable bonds is 5. The van der Waals surface area contributed by atoms with Crippen molar-refractivity contribution in [2.75, 3.05) is 11.9 Å². The number of thiophene rings is 1. The molecule has 7 heteroatoms. The van der Waals surface area contributed by atoms with Gasteiger partial charge in [-0.2, -0.15) is 0 Å². The molecule has 0 aromatic carbocycles. The standard InChI is InChI=1S/C13H14ClN3O2S/c1-9(8-10-4-3-7-20-10)16(2)13-11(17(18)19)5-6-12(14)15-13/h3-7,9H,8H2,1-2H3. The Morgan fingerprint density at radius 2 is 2.25 bits per heavy atom. The van der Waals surface area contributed by atoms with Crippen LogP contribution in [-0.4, -0.2) is 23.0 Å². The van der Waals surface area contributed by atoms with Crippen LogP contribution in [0.1, 0.15) is 11.8 Å². The Kier molecular flexibility index (Phi) is 4.57. The Balaban J connectivity index is 2.25. The SMILES string of the molecule is CC(Cc1cccs1)N(C)c1nc(Cl)ccc1[N+](=O)[O-]. The van der Waals surface area contributed by atoms with Gasteiger partial charge in [0.2, 0.25) is 5.82 Å². The van der Waals surface area contributed by atoms with E-state index in [0.717, 1.165) is 6.42 Å².